The fourth-order valence-electron chi connectivity index (χ4n) is 4.52. The lowest BCUT2D eigenvalue weighted by Gasteiger charge is -2.34. The molecular weight excluding hydrogens is 378 g/mol. The first-order valence-corrected chi connectivity index (χ1v) is 10.3. The van der Waals surface area contributed by atoms with Gasteiger partial charge in [0.05, 0.1) is 25.2 Å². The highest BCUT2D eigenvalue weighted by molar-refractivity contribution is 6.10. The van der Waals surface area contributed by atoms with E-state index in [4.69, 9.17) is 9.73 Å². The van der Waals surface area contributed by atoms with Crippen molar-refractivity contribution in [2.75, 3.05) is 7.11 Å². The van der Waals surface area contributed by atoms with Gasteiger partial charge in [-0.05, 0) is 34.9 Å². The predicted molar refractivity (Wildman–Crippen MR) is 117 cm³/mol. The highest BCUT2D eigenvalue weighted by Crippen LogP contribution is 2.31. The molecule has 0 radical (unpaired) electrons. The standard InChI is InChI=1S/C24H25N3O3/c1-30-24-26-22(25-23(27-24)21-19(28)7-4-8-20(21)29)17-10-9-16-11-14-5-2-3-6-15(14)12-18(16)13-17/h2-7,10-13,16,19-21,23,28-29H,8-9H2,1H3,(H,25,26,27). The third-order valence-electron chi connectivity index (χ3n) is 6.14. The number of aliphatic hydroxyl groups is 2. The van der Waals surface area contributed by atoms with Crippen LogP contribution in [0.3, 0.4) is 0 Å². The summed E-state index contributed by atoms with van der Waals surface area (Å²) < 4.78 is 5.37. The molecule has 0 amide bonds. The lowest BCUT2D eigenvalue weighted by Crippen LogP contribution is -2.46. The van der Waals surface area contributed by atoms with Crippen molar-refractivity contribution >= 4 is 24.0 Å². The number of amidine groups is 2. The van der Waals surface area contributed by atoms with Crippen LogP contribution in [-0.2, 0) is 4.74 Å². The molecule has 30 heavy (non-hydrogen) atoms. The number of hydrogen-bond donors (Lipinski definition) is 3. The van der Waals surface area contributed by atoms with Crippen LogP contribution in [0.25, 0.3) is 12.2 Å². The molecule has 0 saturated heterocycles. The van der Waals surface area contributed by atoms with Crippen LogP contribution >= 0.6 is 0 Å². The van der Waals surface area contributed by atoms with Gasteiger partial charge in [-0.15, -0.1) is 0 Å². The summed E-state index contributed by atoms with van der Waals surface area (Å²) in [4.78, 5) is 9.22. The molecule has 5 atom stereocenters. The van der Waals surface area contributed by atoms with E-state index < -0.39 is 24.3 Å². The van der Waals surface area contributed by atoms with Gasteiger partial charge in [0, 0.05) is 11.5 Å². The Labute approximate surface area is 175 Å². The molecule has 1 aromatic carbocycles. The smallest absolute Gasteiger partial charge is 0.292 e. The summed E-state index contributed by atoms with van der Waals surface area (Å²) in [6, 6.07) is 8.73. The summed E-state index contributed by atoms with van der Waals surface area (Å²) in [6.45, 7) is 0. The van der Waals surface area contributed by atoms with Crippen molar-refractivity contribution in [2.24, 2.45) is 21.8 Å². The number of methoxy groups -OCH3 is 1. The number of hydrogen-bond acceptors (Lipinski definition) is 6. The van der Waals surface area contributed by atoms with E-state index in [-0.39, 0.29) is 0 Å². The number of nitrogens with zero attached hydrogens (tertiary/aromatic N) is 2. The average Bonchev–Trinajstić information content (AvgIpc) is 2.77. The Morgan fingerprint density at radius 1 is 1.07 bits per heavy atom. The monoisotopic (exact) mass is 403 g/mol. The van der Waals surface area contributed by atoms with Crippen molar-refractivity contribution < 1.29 is 14.9 Å². The molecule has 6 nitrogen and oxygen atoms in total. The summed E-state index contributed by atoms with van der Waals surface area (Å²) in [6.07, 6.45) is 11.6. The number of aliphatic imine (C=N–C) groups is 2. The van der Waals surface area contributed by atoms with Gasteiger partial charge in [0.25, 0.3) is 6.02 Å². The minimum Gasteiger partial charge on any atom is -0.468 e. The number of aliphatic hydroxyl groups excluding tert-OH is 2. The summed E-state index contributed by atoms with van der Waals surface area (Å²) in [7, 11) is 1.55. The maximum Gasteiger partial charge on any atom is 0.292 e. The van der Waals surface area contributed by atoms with Crippen LogP contribution in [0.2, 0.25) is 0 Å². The van der Waals surface area contributed by atoms with Crippen molar-refractivity contribution in [1.82, 2.24) is 5.32 Å². The van der Waals surface area contributed by atoms with Crippen LogP contribution in [0.5, 0.6) is 0 Å². The zero-order chi connectivity index (χ0) is 20.7. The van der Waals surface area contributed by atoms with Gasteiger partial charge in [0.1, 0.15) is 5.84 Å². The minimum absolute atomic E-state index is 0.338. The first kappa shape index (κ1) is 19.0. The maximum absolute atomic E-state index is 10.4. The van der Waals surface area contributed by atoms with E-state index in [1.54, 1.807) is 19.3 Å². The van der Waals surface area contributed by atoms with Crippen molar-refractivity contribution in [1.29, 1.82) is 0 Å². The Hall–Kier alpha value is -2.96. The molecule has 4 aliphatic rings. The first-order chi connectivity index (χ1) is 14.6. The quantitative estimate of drug-likeness (QED) is 0.637. The van der Waals surface area contributed by atoms with Gasteiger partial charge in [0.2, 0.25) is 0 Å². The van der Waals surface area contributed by atoms with Crippen LogP contribution in [0, 0.1) is 11.8 Å². The molecule has 6 heteroatoms. The molecule has 1 heterocycles. The number of fused-ring (bicyclic) bond motifs is 2. The molecule has 0 aromatic heterocycles. The number of allylic oxidation sites excluding steroid dienone is 2. The molecule has 0 fully saturated rings. The summed E-state index contributed by atoms with van der Waals surface area (Å²) >= 11 is 0. The Kier molecular flexibility index (Phi) is 4.89. The SMILES string of the molecule is COC1=NC(C2C(O)C=CCC2O)N=C(C2=CCC3C=c4ccccc4=CC3=C2)N1. The summed E-state index contributed by atoms with van der Waals surface area (Å²) in [5, 5.41) is 26.5. The van der Waals surface area contributed by atoms with E-state index >= 15 is 0 Å². The van der Waals surface area contributed by atoms with Crippen LogP contribution in [0.1, 0.15) is 12.8 Å². The second kappa shape index (κ2) is 7.70. The number of nitrogens with one attached hydrogen (secondary N) is 1. The van der Waals surface area contributed by atoms with Crippen molar-refractivity contribution in [3.8, 4) is 0 Å². The number of rotatable bonds is 2. The molecule has 154 valence electrons. The van der Waals surface area contributed by atoms with Crippen molar-refractivity contribution in [3.63, 3.8) is 0 Å². The van der Waals surface area contributed by atoms with Crippen LogP contribution in [-0.4, -0.2) is 47.6 Å². The van der Waals surface area contributed by atoms with Crippen LogP contribution in [0.4, 0.5) is 0 Å². The highest BCUT2D eigenvalue weighted by atomic mass is 16.5. The molecule has 0 bridgehead atoms. The first-order valence-electron chi connectivity index (χ1n) is 10.3. The van der Waals surface area contributed by atoms with Gasteiger partial charge < -0.3 is 14.9 Å². The average molecular weight is 403 g/mol. The second-order valence-electron chi connectivity index (χ2n) is 8.04. The molecule has 1 aliphatic heterocycles. The van der Waals surface area contributed by atoms with E-state index in [0.717, 1.165) is 12.0 Å². The van der Waals surface area contributed by atoms with Gasteiger partial charge in [0.15, 0.2) is 6.17 Å². The third kappa shape index (κ3) is 3.42. The van der Waals surface area contributed by atoms with Gasteiger partial charge in [-0.3, -0.25) is 5.32 Å². The second-order valence-corrected chi connectivity index (χ2v) is 8.04. The highest BCUT2D eigenvalue weighted by Gasteiger charge is 2.37. The molecule has 3 N–H and O–H groups in total. The van der Waals surface area contributed by atoms with Gasteiger partial charge in [-0.2, -0.15) is 0 Å². The molecule has 1 aromatic rings. The Morgan fingerprint density at radius 2 is 1.90 bits per heavy atom. The fraction of sp³-hybridized carbons (Fsp3) is 0.333. The third-order valence-corrected chi connectivity index (χ3v) is 6.14. The number of benzene rings is 1. The normalized spacial score (nSPS) is 32.0. The molecule has 5 unspecified atom stereocenters. The van der Waals surface area contributed by atoms with Gasteiger partial charge in [-0.1, -0.05) is 54.6 Å². The van der Waals surface area contributed by atoms with Crippen LogP contribution < -0.4 is 15.8 Å². The van der Waals surface area contributed by atoms with Crippen LogP contribution in [0.15, 0.2) is 69.7 Å². The van der Waals surface area contributed by atoms with E-state index in [1.165, 1.54) is 16.0 Å². The van der Waals surface area contributed by atoms with E-state index in [1.807, 2.05) is 0 Å². The molecule has 5 rings (SSSR count). The van der Waals surface area contributed by atoms with Crippen molar-refractivity contribution in [3.05, 3.63) is 70.2 Å². The summed E-state index contributed by atoms with van der Waals surface area (Å²) in [5.41, 5.74) is 2.21. The van der Waals surface area contributed by atoms with E-state index in [0.29, 0.717) is 24.2 Å². The van der Waals surface area contributed by atoms with E-state index in [9.17, 15) is 10.2 Å². The lowest BCUT2D eigenvalue weighted by atomic mass is 9.83. The molecular formula is C24H25N3O3. The zero-order valence-electron chi connectivity index (χ0n) is 16.8. The molecule has 0 saturated carbocycles. The molecule has 0 spiro atoms. The topological polar surface area (TPSA) is 86.4 Å². The minimum atomic E-state index is -0.801. The zero-order valence-corrected chi connectivity index (χ0v) is 16.8. The number of ether oxygens (including phenoxy) is 1. The maximum atomic E-state index is 10.4. The Morgan fingerprint density at radius 3 is 2.70 bits per heavy atom. The fourth-order valence-corrected chi connectivity index (χ4v) is 4.52. The van der Waals surface area contributed by atoms with E-state index in [2.05, 4.69) is 58.9 Å². The Bertz CT molecular complexity index is 1130. The lowest BCUT2D eigenvalue weighted by molar-refractivity contribution is 0.0163. The van der Waals surface area contributed by atoms with Crippen molar-refractivity contribution in [2.45, 2.75) is 31.2 Å². The molecule has 3 aliphatic carbocycles. The summed E-state index contributed by atoms with van der Waals surface area (Å²) in [5.74, 6) is 0.494. The predicted octanol–water partition coefficient (Wildman–Crippen LogP) is 0.762. The van der Waals surface area contributed by atoms with Gasteiger partial charge >= 0.3 is 0 Å². The Balaban J connectivity index is 1.49. The van der Waals surface area contributed by atoms with Gasteiger partial charge in [-0.25, -0.2) is 9.98 Å². The largest absolute Gasteiger partial charge is 0.468 e.